The van der Waals surface area contributed by atoms with E-state index >= 15 is 0 Å². The summed E-state index contributed by atoms with van der Waals surface area (Å²) in [6.45, 7) is 2.17. The second kappa shape index (κ2) is 9.57. The maximum absolute atomic E-state index is 12.5. The number of nitrogens with zero attached hydrogens (tertiary/aromatic N) is 4. The van der Waals surface area contributed by atoms with Gasteiger partial charge in [0, 0.05) is 20.6 Å². The fourth-order valence-corrected chi connectivity index (χ4v) is 3.23. The van der Waals surface area contributed by atoms with Crippen LogP contribution in [0.2, 0.25) is 0 Å². The molecule has 0 spiro atoms. The Balaban J connectivity index is 0.00000280. The molecule has 2 aromatic rings. The lowest BCUT2D eigenvalue weighted by Crippen LogP contribution is -2.43. The normalized spacial score (nSPS) is 13.9. The first-order valence-corrected chi connectivity index (χ1v) is 9.01. The Bertz CT molecular complexity index is 808. The lowest BCUT2D eigenvalue weighted by molar-refractivity contribution is -0.123. The molecule has 1 unspecified atom stereocenters. The number of rotatable bonds is 5. The van der Waals surface area contributed by atoms with Gasteiger partial charge in [-0.1, -0.05) is 30.3 Å². The minimum Gasteiger partial charge on any atom is -0.349 e. The Hall–Kier alpha value is -2.58. The number of hydrogen-bond donors (Lipinski definition) is 2. The summed E-state index contributed by atoms with van der Waals surface area (Å²) in [5.41, 5.74) is 2.69. The van der Waals surface area contributed by atoms with E-state index in [4.69, 9.17) is 0 Å². The lowest BCUT2D eigenvalue weighted by Gasteiger charge is -2.29. The lowest BCUT2D eigenvalue weighted by atomic mass is 10.1. The quantitative estimate of drug-likeness (QED) is 0.785. The van der Waals surface area contributed by atoms with Crippen molar-refractivity contribution >= 4 is 24.3 Å². The SMILES string of the molecule is CNC(C(=O)NCc1cc2n(n1)CCN(C(=O)N(C)C)C2)c1ccccc1.Cl. The Kier molecular flexibility index (Phi) is 7.42. The molecule has 9 heteroatoms. The third kappa shape index (κ3) is 4.82. The topological polar surface area (TPSA) is 82.5 Å². The molecule has 0 fully saturated rings. The van der Waals surface area contributed by atoms with E-state index in [9.17, 15) is 9.59 Å². The molecule has 8 nitrogen and oxygen atoms in total. The number of nitrogens with one attached hydrogen (secondary N) is 2. The molecule has 0 bridgehead atoms. The van der Waals surface area contributed by atoms with Gasteiger partial charge >= 0.3 is 6.03 Å². The summed E-state index contributed by atoms with van der Waals surface area (Å²) in [4.78, 5) is 28.0. The number of likely N-dealkylation sites (N-methyl/N-ethyl adjacent to an activating group) is 1. The number of benzene rings is 1. The molecule has 2 N–H and O–H groups in total. The molecule has 3 amide bonds. The Labute approximate surface area is 171 Å². The van der Waals surface area contributed by atoms with Gasteiger partial charge in [-0.3, -0.25) is 9.48 Å². The number of urea groups is 1. The molecule has 28 heavy (non-hydrogen) atoms. The summed E-state index contributed by atoms with van der Waals surface area (Å²) < 4.78 is 1.91. The third-order valence-electron chi connectivity index (χ3n) is 4.63. The van der Waals surface area contributed by atoms with Crippen molar-refractivity contribution < 1.29 is 9.59 Å². The second-order valence-corrected chi connectivity index (χ2v) is 6.80. The Morgan fingerprint density at radius 2 is 1.93 bits per heavy atom. The molecule has 0 saturated heterocycles. The van der Waals surface area contributed by atoms with Gasteiger partial charge in [-0.2, -0.15) is 5.10 Å². The molecular formula is C19H27ClN6O2. The zero-order chi connectivity index (χ0) is 19.4. The minimum atomic E-state index is -0.406. The number of aromatic nitrogens is 2. The average Bonchev–Trinajstić information content (AvgIpc) is 3.09. The van der Waals surface area contributed by atoms with Crippen molar-refractivity contribution in [2.45, 2.75) is 25.7 Å². The number of hydrogen-bond acceptors (Lipinski definition) is 4. The molecule has 1 atom stereocenters. The maximum Gasteiger partial charge on any atom is 0.319 e. The minimum absolute atomic E-state index is 0. The molecule has 3 rings (SSSR count). The molecule has 1 aliphatic rings. The summed E-state index contributed by atoms with van der Waals surface area (Å²) in [6, 6.07) is 11.1. The summed E-state index contributed by atoms with van der Waals surface area (Å²) in [5, 5.41) is 10.5. The van der Waals surface area contributed by atoms with Gasteiger partial charge in [0.2, 0.25) is 5.91 Å². The van der Waals surface area contributed by atoms with Crippen LogP contribution in [0.3, 0.4) is 0 Å². The van der Waals surface area contributed by atoms with E-state index in [1.165, 1.54) is 0 Å². The van der Waals surface area contributed by atoms with Crippen LogP contribution in [-0.4, -0.2) is 59.2 Å². The highest BCUT2D eigenvalue weighted by Gasteiger charge is 2.24. The number of amides is 3. The summed E-state index contributed by atoms with van der Waals surface area (Å²) >= 11 is 0. The highest BCUT2D eigenvalue weighted by atomic mass is 35.5. The van der Waals surface area contributed by atoms with Crippen molar-refractivity contribution in [2.24, 2.45) is 0 Å². The monoisotopic (exact) mass is 406 g/mol. The van der Waals surface area contributed by atoms with Crippen LogP contribution in [0, 0.1) is 0 Å². The zero-order valence-corrected chi connectivity index (χ0v) is 17.2. The summed E-state index contributed by atoms with van der Waals surface area (Å²) in [5.74, 6) is -0.0981. The predicted molar refractivity (Wildman–Crippen MR) is 109 cm³/mol. The molecular weight excluding hydrogens is 380 g/mol. The first-order chi connectivity index (χ1) is 13.0. The van der Waals surface area contributed by atoms with Gasteiger partial charge in [0.15, 0.2) is 0 Å². The largest absolute Gasteiger partial charge is 0.349 e. The molecule has 1 aromatic carbocycles. The maximum atomic E-state index is 12.5. The van der Waals surface area contributed by atoms with Crippen LogP contribution in [-0.2, 0) is 24.4 Å². The highest BCUT2D eigenvalue weighted by Crippen LogP contribution is 2.16. The third-order valence-corrected chi connectivity index (χ3v) is 4.63. The van der Waals surface area contributed by atoms with Crippen LogP contribution in [0.25, 0.3) is 0 Å². The van der Waals surface area contributed by atoms with Gasteiger partial charge < -0.3 is 20.4 Å². The number of halogens is 1. The van der Waals surface area contributed by atoms with E-state index in [-0.39, 0.29) is 24.3 Å². The summed E-state index contributed by atoms with van der Waals surface area (Å²) in [6.07, 6.45) is 0. The van der Waals surface area contributed by atoms with E-state index in [2.05, 4.69) is 15.7 Å². The van der Waals surface area contributed by atoms with Gasteiger partial charge in [-0.25, -0.2) is 4.79 Å². The van der Waals surface area contributed by atoms with E-state index in [0.29, 0.717) is 26.2 Å². The van der Waals surface area contributed by atoms with Crippen molar-refractivity contribution in [3.8, 4) is 0 Å². The molecule has 0 radical (unpaired) electrons. The molecule has 2 heterocycles. The van der Waals surface area contributed by atoms with Crippen molar-refractivity contribution in [3.63, 3.8) is 0 Å². The first-order valence-electron chi connectivity index (χ1n) is 9.01. The Morgan fingerprint density at radius 1 is 1.21 bits per heavy atom. The first kappa shape index (κ1) is 21.7. The van der Waals surface area contributed by atoms with Crippen LogP contribution in [0.15, 0.2) is 36.4 Å². The molecule has 0 aliphatic carbocycles. The van der Waals surface area contributed by atoms with Crippen LogP contribution in [0.5, 0.6) is 0 Å². The number of carbonyl (C=O) groups is 2. The van der Waals surface area contributed by atoms with Crippen molar-refractivity contribution in [2.75, 3.05) is 27.7 Å². The fourth-order valence-electron chi connectivity index (χ4n) is 3.23. The van der Waals surface area contributed by atoms with E-state index in [1.54, 1.807) is 30.9 Å². The van der Waals surface area contributed by atoms with Crippen LogP contribution < -0.4 is 10.6 Å². The van der Waals surface area contributed by atoms with Gasteiger partial charge in [0.05, 0.1) is 31.0 Å². The summed E-state index contributed by atoms with van der Waals surface area (Å²) in [7, 11) is 5.27. The second-order valence-electron chi connectivity index (χ2n) is 6.80. The predicted octanol–water partition coefficient (Wildman–Crippen LogP) is 1.38. The smallest absolute Gasteiger partial charge is 0.319 e. The fraction of sp³-hybridized carbons (Fsp3) is 0.421. The zero-order valence-electron chi connectivity index (χ0n) is 16.4. The Morgan fingerprint density at radius 3 is 2.57 bits per heavy atom. The molecule has 1 aliphatic heterocycles. The molecule has 0 saturated carbocycles. The van der Waals surface area contributed by atoms with E-state index in [1.807, 2.05) is 41.1 Å². The highest BCUT2D eigenvalue weighted by molar-refractivity contribution is 5.85. The van der Waals surface area contributed by atoms with Gasteiger partial charge in [0.1, 0.15) is 6.04 Å². The van der Waals surface area contributed by atoms with Crippen LogP contribution >= 0.6 is 12.4 Å². The molecule has 1 aromatic heterocycles. The average molecular weight is 407 g/mol. The van der Waals surface area contributed by atoms with Crippen LogP contribution in [0.4, 0.5) is 4.79 Å². The number of fused-ring (bicyclic) bond motifs is 1. The van der Waals surface area contributed by atoms with E-state index in [0.717, 1.165) is 17.0 Å². The molecule has 152 valence electrons. The van der Waals surface area contributed by atoms with Crippen molar-refractivity contribution in [3.05, 3.63) is 53.3 Å². The van der Waals surface area contributed by atoms with Crippen molar-refractivity contribution in [1.29, 1.82) is 0 Å². The van der Waals surface area contributed by atoms with Gasteiger partial charge in [0.25, 0.3) is 0 Å². The van der Waals surface area contributed by atoms with Crippen molar-refractivity contribution in [1.82, 2.24) is 30.2 Å². The standard InChI is InChI=1S/C19H26N6O2.ClH/c1-20-17(14-7-5-4-6-8-14)18(26)21-12-15-11-16-13-24(19(27)23(2)3)9-10-25(16)22-15;/h4-8,11,17,20H,9-10,12-13H2,1-3H3,(H,21,26);1H. The van der Waals surface area contributed by atoms with E-state index < -0.39 is 6.04 Å². The van der Waals surface area contributed by atoms with Crippen LogP contribution in [0.1, 0.15) is 23.0 Å². The van der Waals surface area contributed by atoms with Gasteiger partial charge in [-0.05, 0) is 18.7 Å². The van der Waals surface area contributed by atoms with Gasteiger partial charge in [-0.15, -0.1) is 12.4 Å². The number of carbonyl (C=O) groups excluding carboxylic acids is 2.